The molecule has 0 saturated carbocycles. The van der Waals surface area contributed by atoms with Gasteiger partial charge in [-0.15, -0.1) is 0 Å². The van der Waals surface area contributed by atoms with Gasteiger partial charge in [0.2, 0.25) is 0 Å². The van der Waals surface area contributed by atoms with Crippen LogP contribution < -0.4 is 10.5 Å². The van der Waals surface area contributed by atoms with Crippen molar-refractivity contribution < 1.29 is 9.13 Å². The molecule has 0 saturated heterocycles. The Morgan fingerprint density at radius 1 is 1.32 bits per heavy atom. The molecule has 0 aliphatic heterocycles. The van der Waals surface area contributed by atoms with Crippen molar-refractivity contribution in [1.82, 2.24) is 4.98 Å². The maximum atomic E-state index is 12.9. The second-order valence-electron chi connectivity index (χ2n) is 4.52. The molecule has 0 spiro atoms. The molecule has 3 nitrogen and oxygen atoms in total. The van der Waals surface area contributed by atoms with Gasteiger partial charge in [0.05, 0.1) is 24.0 Å². The standard InChI is InChI=1S/C15H17FN2O/c1-3-19-13-6-4-5-11(9-13)15(2,17)14-8-7-12(16)10-18-14/h4-10H,3,17H2,1-2H3. The van der Waals surface area contributed by atoms with Crippen molar-refractivity contribution in [2.24, 2.45) is 5.73 Å². The molecule has 0 bridgehead atoms. The average Bonchev–Trinajstić information content (AvgIpc) is 2.40. The number of nitrogens with zero attached hydrogens (tertiary/aromatic N) is 1. The van der Waals surface area contributed by atoms with Crippen molar-refractivity contribution >= 4 is 0 Å². The molecule has 2 aromatic rings. The van der Waals surface area contributed by atoms with Crippen LogP contribution in [0.5, 0.6) is 5.75 Å². The molecule has 0 fully saturated rings. The van der Waals surface area contributed by atoms with Crippen LogP contribution in [0.25, 0.3) is 0 Å². The number of ether oxygens (including phenoxy) is 1. The highest BCUT2D eigenvalue weighted by Crippen LogP contribution is 2.27. The molecule has 0 aliphatic carbocycles. The fourth-order valence-electron chi connectivity index (χ4n) is 1.91. The lowest BCUT2D eigenvalue weighted by atomic mass is 9.89. The molecule has 2 rings (SSSR count). The lowest BCUT2D eigenvalue weighted by Crippen LogP contribution is -2.35. The zero-order chi connectivity index (χ0) is 13.9. The van der Waals surface area contributed by atoms with Crippen LogP contribution in [-0.2, 0) is 5.54 Å². The summed E-state index contributed by atoms with van der Waals surface area (Å²) in [7, 11) is 0. The molecule has 1 unspecified atom stereocenters. The molecule has 1 aromatic carbocycles. The van der Waals surface area contributed by atoms with E-state index >= 15 is 0 Å². The summed E-state index contributed by atoms with van der Waals surface area (Å²) in [4.78, 5) is 4.06. The predicted molar refractivity (Wildman–Crippen MR) is 72.4 cm³/mol. The van der Waals surface area contributed by atoms with Gasteiger partial charge in [-0.05, 0) is 43.7 Å². The van der Waals surface area contributed by atoms with Gasteiger partial charge in [-0.25, -0.2) is 4.39 Å². The third-order valence-corrected chi connectivity index (χ3v) is 3.00. The molecular formula is C15H17FN2O. The average molecular weight is 260 g/mol. The summed E-state index contributed by atoms with van der Waals surface area (Å²) in [5.41, 5.74) is 7.03. The first-order valence-corrected chi connectivity index (χ1v) is 6.18. The number of benzene rings is 1. The number of aromatic nitrogens is 1. The van der Waals surface area contributed by atoms with Crippen molar-refractivity contribution in [2.75, 3.05) is 6.61 Å². The number of hydrogen-bond donors (Lipinski definition) is 1. The van der Waals surface area contributed by atoms with Crippen LogP contribution in [0.3, 0.4) is 0 Å². The Morgan fingerprint density at radius 3 is 2.74 bits per heavy atom. The topological polar surface area (TPSA) is 48.1 Å². The third kappa shape index (κ3) is 2.90. The van der Waals surface area contributed by atoms with Gasteiger partial charge in [-0.3, -0.25) is 4.98 Å². The Bertz CT molecular complexity index is 552. The van der Waals surface area contributed by atoms with Crippen molar-refractivity contribution in [2.45, 2.75) is 19.4 Å². The van der Waals surface area contributed by atoms with Crippen LogP contribution in [0.1, 0.15) is 25.1 Å². The Hall–Kier alpha value is -1.94. The van der Waals surface area contributed by atoms with E-state index in [1.54, 1.807) is 6.07 Å². The Kier molecular flexibility index (Phi) is 3.81. The van der Waals surface area contributed by atoms with E-state index in [0.29, 0.717) is 12.3 Å². The highest BCUT2D eigenvalue weighted by molar-refractivity contribution is 5.38. The van der Waals surface area contributed by atoms with Crippen LogP contribution >= 0.6 is 0 Å². The molecule has 0 aliphatic rings. The van der Waals surface area contributed by atoms with Crippen LogP contribution in [0.4, 0.5) is 4.39 Å². The van der Waals surface area contributed by atoms with E-state index in [9.17, 15) is 4.39 Å². The van der Waals surface area contributed by atoms with E-state index in [4.69, 9.17) is 10.5 Å². The molecule has 1 atom stereocenters. The quantitative estimate of drug-likeness (QED) is 0.919. The molecule has 0 radical (unpaired) electrons. The van der Waals surface area contributed by atoms with Crippen LogP contribution in [0.2, 0.25) is 0 Å². The van der Waals surface area contributed by atoms with E-state index in [0.717, 1.165) is 11.3 Å². The smallest absolute Gasteiger partial charge is 0.141 e. The van der Waals surface area contributed by atoms with Gasteiger partial charge in [0, 0.05) is 0 Å². The normalized spacial score (nSPS) is 13.9. The summed E-state index contributed by atoms with van der Waals surface area (Å²) in [6.07, 6.45) is 1.17. The summed E-state index contributed by atoms with van der Waals surface area (Å²) in [5.74, 6) is 0.390. The number of pyridine rings is 1. The molecule has 1 aromatic heterocycles. The summed E-state index contributed by atoms with van der Waals surface area (Å²) in [6, 6.07) is 10.5. The largest absolute Gasteiger partial charge is 0.494 e. The second kappa shape index (κ2) is 5.36. The monoisotopic (exact) mass is 260 g/mol. The molecule has 2 N–H and O–H groups in total. The van der Waals surface area contributed by atoms with Gasteiger partial charge in [0.1, 0.15) is 11.6 Å². The van der Waals surface area contributed by atoms with E-state index < -0.39 is 5.54 Å². The fraction of sp³-hybridized carbons (Fsp3) is 0.267. The first-order valence-electron chi connectivity index (χ1n) is 6.18. The minimum absolute atomic E-state index is 0.373. The molecule has 0 amide bonds. The predicted octanol–water partition coefficient (Wildman–Crippen LogP) is 2.84. The summed E-state index contributed by atoms with van der Waals surface area (Å²) in [6.45, 7) is 4.37. The maximum absolute atomic E-state index is 12.9. The summed E-state index contributed by atoms with van der Waals surface area (Å²) >= 11 is 0. The van der Waals surface area contributed by atoms with E-state index in [1.165, 1.54) is 12.3 Å². The lowest BCUT2D eigenvalue weighted by molar-refractivity contribution is 0.339. The molecule has 1 heterocycles. The van der Waals surface area contributed by atoms with E-state index in [-0.39, 0.29) is 5.82 Å². The zero-order valence-corrected chi connectivity index (χ0v) is 11.1. The fourth-order valence-corrected chi connectivity index (χ4v) is 1.91. The Labute approximate surface area is 112 Å². The highest BCUT2D eigenvalue weighted by Gasteiger charge is 2.25. The van der Waals surface area contributed by atoms with Crippen LogP contribution in [0.15, 0.2) is 42.6 Å². The number of nitrogens with two attached hydrogens (primary N) is 1. The first kappa shape index (κ1) is 13.5. The lowest BCUT2D eigenvalue weighted by Gasteiger charge is -2.25. The van der Waals surface area contributed by atoms with Crippen LogP contribution in [0, 0.1) is 5.82 Å². The SMILES string of the molecule is CCOc1cccc(C(C)(N)c2ccc(F)cn2)c1. The number of halogens is 1. The van der Waals surface area contributed by atoms with Crippen molar-refractivity contribution in [3.8, 4) is 5.75 Å². The first-order chi connectivity index (χ1) is 9.04. The molecular weight excluding hydrogens is 243 g/mol. The maximum Gasteiger partial charge on any atom is 0.141 e. The molecule has 19 heavy (non-hydrogen) atoms. The zero-order valence-electron chi connectivity index (χ0n) is 11.1. The van der Waals surface area contributed by atoms with Gasteiger partial charge in [0.25, 0.3) is 0 Å². The molecule has 4 heteroatoms. The van der Waals surface area contributed by atoms with E-state index in [2.05, 4.69) is 4.98 Å². The second-order valence-corrected chi connectivity index (χ2v) is 4.52. The molecule has 100 valence electrons. The van der Waals surface area contributed by atoms with Crippen LogP contribution in [-0.4, -0.2) is 11.6 Å². The number of hydrogen-bond acceptors (Lipinski definition) is 3. The minimum Gasteiger partial charge on any atom is -0.494 e. The summed E-state index contributed by atoms with van der Waals surface area (Å²) in [5, 5.41) is 0. The van der Waals surface area contributed by atoms with Crippen molar-refractivity contribution in [3.05, 3.63) is 59.7 Å². The number of rotatable bonds is 4. The van der Waals surface area contributed by atoms with Gasteiger partial charge in [-0.2, -0.15) is 0 Å². The highest BCUT2D eigenvalue weighted by atomic mass is 19.1. The Morgan fingerprint density at radius 2 is 2.11 bits per heavy atom. The third-order valence-electron chi connectivity index (χ3n) is 3.00. The van der Waals surface area contributed by atoms with Crippen molar-refractivity contribution in [1.29, 1.82) is 0 Å². The van der Waals surface area contributed by atoms with Gasteiger partial charge in [0.15, 0.2) is 0 Å². The van der Waals surface area contributed by atoms with Gasteiger partial charge < -0.3 is 10.5 Å². The summed E-state index contributed by atoms with van der Waals surface area (Å²) < 4.78 is 18.4. The van der Waals surface area contributed by atoms with Gasteiger partial charge in [-0.1, -0.05) is 12.1 Å². The van der Waals surface area contributed by atoms with E-state index in [1.807, 2.05) is 38.1 Å². The van der Waals surface area contributed by atoms with Gasteiger partial charge >= 0.3 is 0 Å². The minimum atomic E-state index is -0.791. The van der Waals surface area contributed by atoms with Crippen molar-refractivity contribution in [3.63, 3.8) is 0 Å². The Balaban J connectivity index is 2.37.